The van der Waals surface area contributed by atoms with Gasteiger partial charge in [0.15, 0.2) is 0 Å². The minimum atomic E-state index is 0.485. The van der Waals surface area contributed by atoms with Crippen LogP contribution in [0.1, 0.15) is 39.5 Å². The van der Waals surface area contributed by atoms with Gasteiger partial charge in [0, 0.05) is 31.8 Å². The van der Waals surface area contributed by atoms with E-state index >= 15 is 0 Å². The van der Waals surface area contributed by atoms with Crippen molar-refractivity contribution >= 4 is 0 Å². The van der Waals surface area contributed by atoms with Crippen LogP contribution < -0.4 is 5.32 Å². The second kappa shape index (κ2) is 5.68. The molecular formula is C14H28N2O. The van der Waals surface area contributed by atoms with Gasteiger partial charge >= 0.3 is 0 Å². The van der Waals surface area contributed by atoms with Crippen LogP contribution in [0.15, 0.2) is 0 Å². The average molecular weight is 240 g/mol. The molecule has 0 aromatic heterocycles. The highest BCUT2D eigenvalue weighted by Gasteiger charge is 2.33. The Labute approximate surface area is 106 Å². The molecule has 1 N–H and O–H groups in total. The molecule has 2 atom stereocenters. The summed E-state index contributed by atoms with van der Waals surface area (Å²) in [5.41, 5.74) is 0.485. The summed E-state index contributed by atoms with van der Waals surface area (Å²) in [5.74, 6) is 0. The molecule has 2 rings (SSSR count). The normalized spacial score (nSPS) is 34.8. The summed E-state index contributed by atoms with van der Waals surface area (Å²) in [4.78, 5) is 2.69. The molecule has 0 bridgehead atoms. The van der Waals surface area contributed by atoms with Gasteiger partial charge in [0.1, 0.15) is 0 Å². The van der Waals surface area contributed by atoms with Crippen LogP contribution in [0.2, 0.25) is 0 Å². The van der Waals surface area contributed by atoms with Gasteiger partial charge in [0.25, 0.3) is 0 Å². The molecule has 2 heterocycles. The molecule has 2 aliphatic rings. The van der Waals surface area contributed by atoms with Crippen LogP contribution in [0.5, 0.6) is 0 Å². The average Bonchev–Trinajstić information content (AvgIpc) is 2.32. The Balaban J connectivity index is 1.86. The highest BCUT2D eigenvalue weighted by Crippen LogP contribution is 2.32. The lowest BCUT2D eigenvalue weighted by Gasteiger charge is -2.44. The summed E-state index contributed by atoms with van der Waals surface area (Å²) in [7, 11) is 2.09. The number of ether oxygens (including phenoxy) is 1. The Morgan fingerprint density at radius 3 is 2.65 bits per heavy atom. The van der Waals surface area contributed by atoms with Crippen LogP contribution in [0.3, 0.4) is 0 Å². The van der Waals surface area contributed by atoms with E-state index in [0.29, 0.717) is 5.41 Å². The third-order valence-corrected chi connectivity index (χ3v) is 4.71. The van der Waals surface area contributed by atoms with Crippen LogP contribution in [0, 0.1) is 5.41 Å². The molecule has 3 nitrogen and oxygen atoms in total. The van der Waals surface area contributed by atoms with Crippen LogP contribution >= 0.6 is 0 Å². The number of nitrogens with zero attached hydrogens (tertiary/aromatic N) is 1. The minimum absolute atomic E-state index is 0.485. The first kappa shape index (κ1) is 13.3. The Hall–Kier alpha value is -0.120. The maximum atomic E-state index is 5.49. The molecule has 0 aliphatic carbocycles. The molecule has 0 radical (unpaired) electrons. The molecule has 0 aromatic rings. The molecule has 0 spiro atoms. The maximum absolute atomic E-state index is 5.49. The largest absolute Gasteiger partial charge is 0.381 e. The molecule has 0 saturated carbocycles. The number of likely N-dealkylation sites (tertiary alicyclic amines) is 1. The monoisotopic (exact) mass is 240 g/mol. The Morgan fingerprint density at radius 2 is 2.06 bits per heavy atom. The molecular weight excluding hydrogens is 212 g/mol. The zero-order valence-electron chi connectivity index (χ0n) is 11.7. The quantitative estimate of drug-likeness (QED) is 0.815. The van der Waals surface area contributed by atoms with Crippen molar-refractivity contribution in [1.29, 1.82) is 0 Å². The highest BCUT2D eigenvalue weighted by atomic mass is 16.5. The first-order valence-electron chi connectivity index (χ1n) is 7.12. The van der Waals surface area contributed by atoms with E-state index in [1.807, 2.05) is 0 Å². The Bertz CT molecular complexity index is 238. The number of hydrogen-bond acceptors (Lipinski definition) is 3. The molecule has 2 aliphatic heterocycles. The van der Waals surface area contributed by atoms with Crippen LogP contribution in [-0.4, -0.2) is 50.3 Å². The summed E-state index contributed by atoms with van der Waals surface area (Å²) in [6.07, 6.45) is 5.05. The molecule has 2 saturated heterocycles. The first-order chi connectivity index (χ1) is 8.13. The van der Waals surface area contributed by atoms with Gasteiger partial charge in [-0.2, -0.15) is 0 Å². The number of rotatable bonds is 3. The SMILES string of the molecule is CNC1CCN(CC2(C)CCOCC2)C(C)C1. The Kier molecular flexibility index (Phi) is 4.45. The zero-order chi connectivity index (χ0) is 12.3. The van der Waals surface area contributed by atoms with Gasteiger partial charge in [-0.25, -0.2) is 0 Å². The van der Waals surface area contributed by atoms with E-state index in [9.17, 15) is 0 Å². The fourth-order valence-electron chi connectivity index (χ4n) is 3.23. The van der Waals surface area contributed by atoms with Gasteiger partial charge in [-0.15, -0.1) is 0 Å². The fourth-order valence-corrected chi connectivity index (χ4v) is 3.23. The summed E-state index contributed by atoms with van der Waals surface area (Å²) in [6.45, 7) is 9.24. The van der Waals surface area contributed by atoms with Crippen LogP contribution in [-0.2, 0) is 4.74 Å². The minimum Gasteiger partial charge on any atom is -0.381 e. The molecule has 2 unspecified atom stereocenters. The van der Waals surface area contributed by atoms with Crippen molar-refractivity contribution in [2.75, 3.05) is 33.4 Å². The lowest BCUT2D eigenvalue weighted by Crippen LogP contribution is -2.50. The molecule has 17 heavy (non-hydrogen) atoms. The lowest BCUT2D eigenvalue weighted by molar-refractivity contribution is -0.00868. The van der Waals surface area contributed by atoms with E-state index in [-0.39, 0.29) is 0 Å². The molecule has 100 valence electrons. The van der Waals surface area contributed by atoms with Gasteiger partial charge in [0.05, 0.1) is 0 Å². The van der Waals surface area contributed by atoms with Crippen molar-refractivity contribution in [2.24, 2.45) is 5.41 Å². The van der Waals surface area contributed by atoms with Crippen molar-refractivity contribution in [1.82, 2.24) is 10.2 Å². The Morgan fingerprint density at radius 1 is 1.35 bits per heavy atom. The summed E-state index contributed by atoms with van der Waals surface area (Å²) >= 11 is 0. The van der Waals surface area contributed by atoms with E-state index in [0.717, 1.165) is 25.3 Å². The predicted octanol–water partition coefficient (Wildman–Crippen LogP) is 1.88. The molecule has 0 amide bonds. The molecule has 2 fully saturated rings. The summed E-state index contributed by atoms with van der Waals surface area (Å²) in [5, 5.41) is 3.42. The molecule has 3 heteroatoms. The summed E-state index contributed by atoms with van der Waals surface area (Å²) < 4.78 is 5.49. The third kappa shape index (κ3) is 3.43. The zero-order valence-corrected chi connectivity index (χ0v) is 11.7. The van der Waals surface area contributed by atoms with Gasteiger partial charge < -0.3 is 15.0 Å². The second-order valence-corrected chi connectivity index (χ2v) is 6.25. The van der Waals surface area contributed by atoms with Gasteiger partial charge in [-0.1, -0.05) is 6.92 Å². The van der Waals surface area contributed by atoms with Crippen molar-refractivity contribution in [2.45, 2.75) is 51.6 Å². The number of nitrogens with one attached hydrogen (secondary N) is 1. The van der Waals surface area contributed by atoms with Crippen LogP contribution in [0.25, 0.3) is 0 Å². The van der Waals surface area contributed by atoms with E-state index in [1.165, 1.54) is 38.8 Å². The number of piperidine rings is 1. The van der Waals surface area contributed by atoms with Crippen molar-refractivity contribution < 1.29 is 4.74 Å². The molecule has 0 aromatic carbocycles. The topological polar surface area (TPSA) is 24.5 Å². The van der Waals surface area contributed by atoms with E-state index in [2.05, 4.69) is 31.1 Å². The second-order valence-electron chi connectivity index (χ2n) is 6.25. The van der Waals surface area contributed by atoms with Crippen molar-refractivity contribution in [3.05, 3.63) is 0 Å². The maximum Gasteiger partial charge on any atom is 0.0471 e. The van der Waals surface area contributed by atoms with Crippen LogP contribution in [0.4, 0.5) is 0 Å². The predicted molar refractivity (Wildman–Crippen MR) is 71.3 cm³/mol. The lowest BCUT2D eigenvalue weighted by atomic mass is 9.81. The first-order valence-corrected chi connectivity index (χ1v) is 7.12. The number of hydrogen-bond donors (Lipinski definition) is 1. The van der Waals surface area contributed by atoms with Gasteiger partial charge in [0.2, 0.25) is 0 Å². The van der Waals surface area contributed by atoms with E-state index < -0.39 is 0 Å². The smallest absolute Gasteiger partial charge is 0.0471 e. The fraction of sp³-hybridized carbons (Fsp3) is 1.00. The standard InChI is InChI=1S/C14H28N2O/c1-12-10-13(15-3)4-7-16(12)11-14(2)5-8-17-9-6-14/h12-13,15H,4-11H2,1-3H3. The highest BCUT2D eigenvalue weighted by molar-refractivity contribution is 4.87. The van der Waals surface area contributed by atoms with Crippen molar-refractivity contribution in [3.63, 3.8) is 0 Å². The summed E-state index contributed by atoms with van der Waals surface area (Å²) in [6, 6.07) is 1.45. The third-order valence-electron chi connectivity index (χ3n) is 4.71. The van der Waals surface area contributed by atoms with Gasteiger partial charge in [-0.3, -0.25) is 0 Å². The van der Waals surface area contributed by atoms with E-state index in [4.69, 9.17) is 4.74 Å². The van der Waals surface area contributed by atoms with Gasteiger partial charge in [-0.05, 0) is 51.6 Å². The van der Waals surface area contributed by atoms with E-state index in [1.54, 1.807) is 0 Å². The van der Waals surface area contributed by atoms with Crippen molar-refractivity contribution in [3.8, 4) is 0 Å².